The second kappa shape index (κ2) is 9.37. The Bertz CT molecular complexity index is 962. The SMILES string of the molecule is C=CCN1CCN(c2ccc(N(Cl)S(=O)(=O)c3ccc(C(C)C)cc3)cn2)CC1C. The molecule has 30 heavy (non-hydrogen) atoms. The van der Waals surface area contributed by atoms with Crippen LogP contribution < -0.4 is 8.72 Å². The Morgan fingerprint density at radius 1 is 1.23 bits per heavy atom. The minimum absolute atomic E-state index is 0.151. The lowest BCUT2D eigenvalue weighted by atomic mass is 10.0. The molecule has 0 saturated carbocycles. The number of hydrogen-bond donors (Lipinski definition) is 0. The molecule has 1 aliphatic rings. The maximum atomic E-state index is 12.9. The average molecular weight is 449 g/mol. The fraction of sp³-hybridized carbons (Fsp3) is 0.409. The van der Waals surface area contributed by atoms with Crippen molar-refractivity contribution in [2.45, 2.75) is 37.6 Å². The van der Waals surface area contributed by atoms with Crippen molar-refractivity contribution < 1.29 is 8.42 Å². The lowest BCUT2D eigenvalue weighted by Crippen LogP contribution is -2.52. The lowest BCUT2D eigenvalue weighted by Gasteiger charge is -2.40. The van der Waals surface area contributed by atoms with E-state index in [0.29, 0.717) is 17.6 Å². The van der Waals surface area contributed by atoms with Crippen LogP contribution in [0.1, 0.15) is 32.3 Å². The van der Waals surface area contributed by atoms with Crippen LogP contribution in [0.5, 0.6) is 0 Å². The van der Waals surface area contributed by atoms with E-state index in [-0.39, 0.29) is 4.90 Å². The van der Waals surface area contributed by atoms with Crippen molar-refractivity contribution >= 4 is 33.3 Å². The van der Waals surface area contributed by atoms with Gasteiger partial charge in [0.25, 0.3) is 10.0 Å². The van der Waals surface area contributed by atoms with Crippen LogP contribution in [0, 0.1) is 0 Å². The summed E-state index contributed by atoms with van der Waals surface area (Å²) in [6.07, 6.45) is 3.42. The molecule has 1 unspecified atom stereocenters. The molecule has 162 valence electrons. The van der Waals surface area contributed by atoms with Crippen molar-refractivity contribution in [1.82, 2.24) is 9.88 Å². The van der Waals surface area contributed by atoms with Gasteiger partial charge >= 0.3 is 0 Å². The van der Waals surface area contributed by atoms with Crippen LogP contribution in [-0.4, -0.2) is 50.5 Å². The topological polar surface area (TPSA) is 56.8 Å². The van der Waals surface area contributed by atoms with Gasteiger partial charge in [-0.05, 0) is 42.7 Å². The Hall–Kier alpha value is -2.09. The Kier molecular flexibility index (Phi) is 7.06. The summed E-state index contributed by atoms with van der Waals surface area (Å²) in [5, 5.41) is 0. The van der Waals surface area contributed by atoms with E-state index in [4.69, 9.17) is 11.8 Å². The number of anilines is 2. The molecule has 8 heteroatoms. The lowest BCUT2D eigenvalue weighted by molar-refractivity contribution is 0.209. The van der Waals surface area contributed by atoms with Crippen LogP contribution in [0.15, 0.2) is 60.1 Å². The second-order valence-electron chi connectivity index (χ2n) is 7.90. The Balaban J connectivity index is 1.73. The first-order valence-electron chi connectivity index (χ1n) is 10.1. The van der Waals surface area contributed by atoms with Gasteiger partial charge < -0.3 is 4.90 Å². The summed E-state index contributed by atoms with van der Waals surface area (Å²) < 4.78 is 26.5. The number of benzene rings is 1. The molecule has 0 aliphatic carbocycles. The fourth-order valence-electron chi connectivity index (χ4n) is 3.57. The van der Waals surface area contributed by atoms with Crippen molar-refractivity contribution in [3.05, 3.63) is 60.8 Å². The highest BCUT2D eigenvalue weighted by Gasteiger charge is 2.26. The van der Waals surface area contributed by atoms with E-state index in [9.17, 15) is 8.42 Å². The summed E-state index contributed by atoms with van der Waals surface area (Å²) in [6, 6.07) is 10.7. The zero-order valence-corrected chi connectivity index (χ0v) is 19.3. The van der Waals surface area contributed by atoms with E-state index < -0.39 is 10.0 Å². The van der Waals surface area contributed by atoms with Gasteiger partial charge in [-0.2, -0.15) is 12.2 Å². The Morgan fingerprint density at radius 2 is 1.93 bits per heavy atom. The summed E-state index contributed by atoms with van der Waals surface area (Å²) in [4.78, 5) is 9.19. The highest BCUT2D eigenvalue weighted by molar-refractivity contribution is 7.94. The predicted molar refractivity (Wildman–Crippen MR) is 124 cm³/mol. The van der Waals surface area contributed by atoms with E-state index in [0.717, 1.165) is 41.4 Å². The molecule has 0 spiro atoms. The number of hydrogen-bond acceptors (Lipinski definition) is 5. The molecule has 3 rings (SSSR count). The second-order valence-corrected chi connectivity index (χ2v) is 10.2. The highest BCUT2D eigenvalue weighted by atomic mass is 35.5. The number of piperazine rings is 1. The van der Waals surface area contributed by atoms with Gasteiger partial charge in [-0.25, -0.2) is 4.98 Å². The van der Waals surface area contributed by atoms with Gasteiger partial charge in [-0.15, -0.1) is 6.58 Å². The molecule has 1 fully saturated rings. The Labute approximate surface area is 184 Å². The minimum atomic E-state index is -3.87. The van der Waals surface area contributed by atoms with Crippen LogP contribution in [-0.2, 0) is 10.0 Å². The summed E-state index contributed by atoms with van der Waals surface area (Å²) in [5.41, 5.74) is 1.38. The van der Waals surface area contributed by atoms with E-state index in [1.807, 2.05) is 24.3 Å². The molecule has 0 bridgehead atoms. The summed E-state index contributed by atoms with van der Waals surface area (Å²) in [7, 11) is -3.87. The van der Waals surface area contributed by atoms with Crippen molar-refractivity contribution in [1.29, 1.82) is 0 Å². The molecule has 0 amide bonds. The smallest absolute Gasteiger partial charge is 0.278 e. The van der Waals surface area contributed by atoms with Gasteiger partial charge in [0.2, 0.25) is 0 Å². The van der Waals surface area contributed by atoms with Crippen molar-refractivity contribution in [2.24, 2.45) is 0 Å². The third kappa shape index (κ3) is 4.79. The zero-order valence-electron chi connectivity index (χ0n) is 17.7. The van der Waals surface area contributed by atoms with Crippen molar-refractivity contribution in [3.8, 4) is 0 Å². The average Bonchev–Trinajstić information content (AvgIpc) is 2.75. The molecule has 2 aromatic rings. The van der Waals surface area contributed by atoms with Gasteiger partial charge in [0.05, 0.1) is 16.8 Å². The van der Waals surface area contributed by atoms with Gasteiger partial charge in [0.1, 0.15) is 5.82 Å². The molecule has 1 atom stereocenters. The molecule has 0 radical (unpaired) electrons. The fourth-order valence-corrected chi connectivity index (χ4v) is 4.96. The Morgan fingerprint density at radius 3 is 2.47 bits per heavy atom. The molecular formula is C22H29ClN4O2S. The molecular weight excluding hydrogens is 420 g/mol. The summed E-state index contributed by atoms with van der Waals surface area (Å²) in [6.45, 7) is 13.6. The van der Waals surface area contributed by atoms with Gasteiger partial charge in [-0.1, -0.05) is 32.1 Å². The standard InChI is InChI=1S/C22H29ClN4O2S/c1-5-12-25-13-14-26(16-18(25)4)22-11-8-20(15-24-22)27(23)30(28,29)21-9-6-19(7-10-21)17(2)3/h5-11,15,17-18H,1,12-14,16H2,2-4H3. The largest absolute Gasteiger partial charge is 0.354 e. The molecule has 0 N–H and O–H groups in total. The maximum absolute atomic E-state index is 12.9. The van der Waals surface area contributed by atoms with Crippen molar-refractivity contribution in [2.75, 3.05) is 34.9 Å². The number of nitrogens with zero attached hydrogens (tertiary/aromatic N) is 4. The summed E-state index contributed by atoms with van der Waals surface area (Å²) >= 11 is 6.23. The van der Waals surface area contributed by atoms with Gasteiger partial charge in [-0.3, -0.25) is 4.90 Å². The van der Waals surface area contributed by atoms with Crippen LogP contribution in [0.25, 0.3) is 0 Å². The van der Waals surface area contributed by atoms with Crippen LogP contribution in [0.4, 0.5) is 11.5 Å². The van der Waals surface area contributed by atoms with Gasteiger partial charge in [0.15, 0.2) is 0 Å². The first-order valence-corrected chi connectivity index (χ1v) is 11.9. The monoisotopic (exact) mass is 448 g/mol. The molecule has 1 aromatic carbocycles. The molecule has 1 aromatic heterocycles. The zero-order chi connectivity index (χ0) is 21.9. The molecule has 1 saturated heterocycles. The van der Waals surface area contributed by atoms with Crippen molar-refractivity contribution in [3.63, 3.8) is 0 Å². The first-order chi connectivity index (χ1) is 14.2. The van der Waals surface area contributed by atoms with Gasteiger partial charge in [0, 0.05) is 44.0 Å². The van der Waals surface area contributed by atoms with E-state index in [2.05, 4.69) is 42.1 Å². The summed E-state index contributed by atoms with van der Waals surface area (Å²) in [5.74, 6) is 1.14. The maximum Gasteiger partial charge on any atom is 0.278 e. The molecule has 6 nitrogen and oxygen atoms in total. The van der Waals surface area contributed by atoms with E-state index >= 15 is 0 Å². The minimum Gasteiger partial charge on any atom is -0.354 e. The quantitative estimate of drug-likeness (QED) is 0.468. The normalized spacial score (nSPS) is 17.9. The van der Waals surface area contributed by atoms with Crippen LogP contribution in [0.3, 0.4) is 0 Å². The number of halogens is 1. The van der Waals surface area contributed by atoms with Crippen LogP contribution in [0.2, 0.25) is 0 Å². The molecule has 2 heterocycles. The first kappa shape index (κ1) is 22.6. The number of rotatable bonds is 7. The van der Waals surface area contributed by atoms with Crippen LogP contribution >= 0.6 is 11.8 Å². The molecule has 1 aliphatic heterocycles. The third-order valence-electron chi connectivity index (χ3n) is 5.44. The predicted octanol–water partition coefficient (Wildman–Crippen LogP) is 4.25. The highest BCUT2D eigenvalue weighted by Crippen LogP contribution is 2.28. The number of aromatic nitrogens is 1. The van der Waals surface area contributed by atoms with E-state index in [1.165, 1.54) is 6.20 Å². The number of sulfonamides is 1. The third-order valence-corrected chi connectivity index (χ3v) is 7.68. The van der Waals surface area contributed by atoms with E-state index in [1.54, 1.807) is 18.2 Å². The number of pyridine rings is 1.